The van der Waals surface area contributed by atoms with E-state index >= 15 is 0 Å². The molecule has 0 spiro atoms. The first-order valence-electron chi connectivity index (χ1n) is 13.2. The third-order valence-electron chi connectivity index (χ3n) is 6.86. The molecule has 0 amide bonds. The highest BCUT2D eigenvalue weighted by Crippen LogP contribution is 2.25. The Balaban J connectivity index is 1.49. The average Bonchev–Trinajstić information content (AvgIpc) is 3.29. The zero-order valence-electron chi connectivity index (χ0n) is 22.0. The van der Waals surface area contributed by atoms with Crippen LogP contribution in [0, 0.1) is 18.6 Å². The summed E-state index contributed by atoms with van der Waals surface area (Å²) < 4.78 is 38.7. The van der Waals surface area contributed by atoms with Crippen LogP contribution in [0.1, 0.15) is 61.3 Å². The van der Waals surface area contributed by atoms with Gasteiger partial charge in [-0.2, -0.15) is 0 Å². The number of β-amino-alcohol motifs (C(OH)–C–C–N with tert-alkyl or cyclic N) is 1. The Kier molecular flexibility index (Phi) is 11.1. The number of carbonyl (C=O) groups is 1. The number of benzene rings is 2. The second kappa shape index (κ2) is 14.2. The van der Waals surface area contributed by atoms with E-state index in [-0.39, 0.29) is 30.3 Å². The Bertz CT molecular complexity index is 1060. The lowest BCUT2D eigenvalue weighted by Crippen LogP contribution is -2.39. The highest BCUT2D eigenvalue weighted by molar-refractivity contribution is 5.69. The van der Waals surface area contributed by atoms with Crippen LogP contribution in [0.2, 0.25) is 0 Å². The summed E-state index contributed by atoms with van der Waals surface area (Å²) in [6.45, 7) is 9.23. The number of ether oxygens (including phenoxy) is 2. The van der Waals surface area contributed by atoms with Crippen molar-refractivity contribution >= 4 is 11.7 Å². The molecule has 2 aromatic rings. The molecule has 2 aromatic carbocycles. The van der Waals surface area contributed by atoms with Gasteiger partial charge in [-0.3, -0.25) is 9.69 Å². The zero-order chi connectivity index (χ0) is 26.8. The summed E-state index contributed by atoms with van der Waals surface area (Å²) >= 11 is 0. The van der Waals surface area contributed by atoms with E-state index in [1.54, 1.807) is 32.0 Å². The number of hydrogen-bond donors (Lipinski definition) is 1. The van der Waals surface area contributed by atoms with Crippen molar-refractivity contribution in [3.63, 3.8) is 0 Å². The molecular formula is C30H39F2NO4. The minimum absolute atomic E-state index is 0.0417. The predicted octanol–water partition coefficient (Wildman–Crippen LogP) is 5.60. The second-order valence-corrected chi connectivity index (χ2v) is 9.78. The Morgan fingerprint density at radius 1 is 1.19 bits per heavy atom. The molecule has 1 aliphatic heterocycles. The topological polar surface area (TPSA) is 59.0 Å². The number of aliphatic hydroxyl groups is 1. The van der Waals surface area contributed by atoms with Crippen LogP contribution in [0.25, 0.3) is 5.76 Å². The van der Waals surface area contributed by atoms with Crippen LogP contribution in [0.4, 0.5) is 8.78 Å². The minimum atomic E-state index is -0.742. The van der Waals surface area contributed by atoms with E-state index in [1.165, 1.54) is 12.1 Å². The Morgan fingerprint density at radius 3 is 2.76 bits per heavy atom. The standard InChI is InChI=1S/C30H39F2NO4/c1-4-36-30(35)10-6-5-8-24-13-14-25(31)18-28(24)22(3)37-20-27(34)19-33-15-7-9-26(33)16-23-12-11-21(2)29(32)17-23/h11-14,17-18,26-27,34H,3-10,15-16,19-20H2,1-2H3/t26-,27+/m0/s1. The van der Waals surface area contributed by atoms with Crippen LogP contribution in [0.5, 0.6) is 0 Å². The normalized spacial score (nSPS) is 16.5. The fraction of sp³-hybridized carbons (Fsp3) is 0.500. The zero-order valence-corrected chi connectivity index (χ0v) is 22.0. The minimum Gasteiger partial charge on any atom is -0.491 e. The van der Waals surface area contributed by atoms with Gasteiger partial charge in [0, 0.05) is 24.6 Å². The first-order chi connectivity index (χ1) is 17.8. The number of unbranched alkanes of at least 4 members (excludes halogenated alkanes) is 1. The molecule has 0 unspecified atom stereocenters. The van der Waals surface area contributed by atoms with Crippen molar-refractivity contribution in [2.45, 2.75) is 70.9 Å². The second-order valence-electron chi connectivity index (χ2n) is 9.78. The van der Waals surface area contributed by atoms with Gasteiger partial charge in [0.15, 0.2) is 0 Å². The number of halogens is 2. The first-order valence-corrected chi connectivity index (χ1v) is 13.2. The fourth-order valence-electron chi connectivity index (χ4n) is 4.84. The number of aryl methyl sites for hydroxylation is 2. The molecule has 0 saturated carbocycles. The summed E-state index contributed by atoms with van der Waals surface area (Å²) in [6, 6.07) is 10.1. The van der Waals surface area contributed by atoms with Gasteiger partial charge in [0.2, 0.25) is 0 Å². The fourth-order valence-corrected chi connectivity index (χ4v) is 4.84. The summed E-state index contributed by atoms with van der Waals surface area (Å²) in [5, 5.41) is 10.7. The van der Waals surface area contributed by atoms with Crippen LogP contribution < -0.4 is 0 Å². The lowest BCUT2D eigenvalue weighted by molar-refractivity contribution is -0.143. The number of hydrogen-bond acceptors (Lipinski definition) is 5. The van der Waals surface area contributed by atoms with Crippen molar-refractivity contribution in [3.05, 3.63) is 76.9 Å². The molecule has 0 aromatic heterocycles. The van der Waals surface area contributed by atoms with Gasteiger partial charge < -0.3 is 14.6 Å². The van der Waals surface area contributed by atoms with Gasteiger partial charge in [-0.05, 0) is 93.8 Å². The molecule has 0 bridgehead atoms. The third-order valence-corrected chi connectivity index (χ3v) is 6.86. The molecule has 1 fully saturated rings. The molecule has 1 aliphatic rings. The molecule has 37 heavy (non-hydrogen) atoms. The van der Waals surface area contributed by atoms with Gasteiger partial charge in [0.1, 0.15) is 30.1 Å². The van der Waals surface area contributed by atoms with Gasteiger partial charge in [0.05, 0.1) is 6.61 Å². The van der Waals surface area contributed by atoms with Gasteiger partial charge in [-0.1, -0.05) is 24.8 Å². The van der Waals surface area contributed by atoms with Crippen molar-refractivity contribution in [2.24, 2.45) is 0 Å². The SMILES string of the molecule is C=C(OC[C@H](O)CN1CCC[C@H]1Cc1ccc(C)c(F)c1)c1cc(F)ccc1CCCCC(=O)OCC. The Labute approximate surface area is 219 Å². The van der Waals surface area contributed by atoms with Crippen LogP contribution in [-0.4, -0.2) is 54.4 Å². The van der Waals surface area contributed by atoms with Gasteiger partial charge in [0.25, 0.3) is 0 Å². The maximum Gasteiger partial charge on any atom is 0.305 e. The maximum atomic E-state index is 14.0. The summed E-state index contributed by atoms with van der Waals surface area (Å²) in [4.78, 5) is 13.8. The molecule has 7 heteroatoms. The smallest absolute Gasteiger partial charge is 0.305 e. The van der Waals surface area contributed by atoms with Crippen LogP contribution >= 0.6 is 0 Å². The highest BCUT2D eigenvalue weighted by Gasteiger charge is 2.27. The molecular weight excluding hydrogens is 476 g/mol. The monoisotopic (exact) mass is 515 g/mol. The van der Waals surface area contributed by atoms with E-state index in [0.717, 1.165) is 43.4 Å². The molecule has 1 heterocycles. The summed E-state index contributed by atoms with van der Waals surface area (Å²) in [6.07, 6.45) is 4.44. The van der Waals surface area contributed by atoms with E-state index in [0.29, 0.717) is 49.3 Å². The molecule has 1 saturated heterocycles. The van der Waals surface area contributed by atoms with Crippen LogP contribution in [0.3, 0.4) is 0 Å². The van der Waals surface area contributed by atoms with E-state index in [2.05, 4.69) is 11.5 Å². The number of rotatable bonds is 14. The van der Waals surface area contributed by atoms with Gasteiger partial charge in [-0.25, -0.2) is 8.78 Å². The Hall–Kier alpha value is -2.77. The van der Waals surface area contributed by atoms with Crippen molar-refractivity contribution < 1.29 is 28.2 Å². The molecule has 3 rings (SSSR count). The van der Waals surface area contributed by atoms with E-state index in [1.807, 2.05) is 6.07 Å². The molecule has 0 radical (unpaired) electrons. The maximum absolute atomic E-state index is 14.0. The van der Waals surface area contributed by atoms with Crippen LogP contribution in [-0.2, 0) is 27.1 Å². The highest BCUT2D eigenvalue weighted by atomic mass is 19.1. The lowest BCUT2D eigenvalue weighted by Gasteiger charge is -2.27. The van der Waals surface area contributed by atoms with E-state index in [9.17, 15) is 18.7 Å². The lowest BCUT2D eigenvalue weighted by atomic mass is 10.00. The van der Waals surface area contributed by atoms with Crippen molar-refractivity contribution in [1.82, 2.24) is 4.90 Å². The van der Waals surface area contributed by atoms with Gasteiger partial charge >= 0.3 is 5.97 Å². The van der Waals surface area contributed by atoms with Gasteiger partial charge in [-0.15, -0.1) is 0 Å². The summed E-state index contributed by atoms with van der Waals surface area (Å²) in [5.74, 6) is -0.477. The third kappa shape index (κ3) is 8.93. The number of nitrogens with zero attached hydrogens (tertiary/aromatic N) is 1. The molecule has 202 valence electrons. The molecule has 0 aliphatic carbocycles. The molecule has 1 N–H and O–H groups in total. The number of likely N-dealkylation sites (tertiary alicyclic amines) is 1. The number of aliphatic hydroxyl groups excluding tert-OH is 1. The first kappa shape index (κ1) is 28.8. The number of carbonyl (C=O) groups excluding carboxylic acids is 1. The largest absolute Gasteiger partial charge is 0.491 e. The van der Waals surface area contributed by atoms with E-state index < -0.39 is 6.10 Å². The molecule has 5 nitrogen and oxygen atoms in total. The average molecular weight is 516 g/mol. The number of esters is 1. The predicted molar refractivity (Wildman–Crippen MR) is 141 cm³/mol. The Morgan fingerprint density at radius 2 is 2.00 bits per heavy atom. The van der Waals surface area contributed by atoms with Crippen molar-refractivity contribution in [2.75, 3.05) is 26.3 Å². The summed E-state index contributed by atoms with van der Waals surface area (Å²) in [5.41, 5.74) is 3.05. The van der Waals surface area contributed by atoms with Crippen molar-refractivity contribution in [1.29, 1.82) is 0 Å². The molecule has 2 atom stereocenters. The summed E-state index contributed by atoms with van der Waals surface area (Å²) in [7, 11) is 0. The van der Waals surface area contributed by atoms with Crippen molar-refractivity contribution in [3.8, 4) is 0 Å². The van der Waals surface area contributed by atoms with E-state index in [4.69, 9.17) is 9.47 Å². The quantitative estimate of drug-likeness (QED) is 0.202. The van der Waals surface area contributed by atoms with Crippen LogP contribution in [0.15, 0.2) is 43.0 Å².